The van der Waals surface area contributed by atoms with E-state index in [1.807, 2.05) is 0 Å². The molecule has 0 aromatic heterocycles. The van der Waals surface area contributed by atoms with Gasteiger partial charge >= 0.3 is 61.8 Å². The van der Waals surface area contributed by atoms with Gasteiger partial charge in [0.15, 0.2) is 0 Å². The van der Waals surface area contributed by atoms with Gasteiger partial charge in [0.2, 0.25) is 0 Å². The molecule has 0 aliphatic rings. The molecule has 0 amide bonds. The Hall–Kier alpha value is 1.96. The van der Waals surface area contributed by atoms with Crippen molar-refractivity contribution < 1.29 is 52.0 Å². The maximum atomic E-state index is 0. The second kappa shape index (κ2) is 38.2. The zero-order valence-electron chi connectivity index (χ0n) is 2.25. The van der Waals surface area contributed by atoms with Gasteiger partial charge in [0, 0.05) is 0 Å². The van der Waals surface area contributed by atoms with Crippen LogP contribution >= 0.6 is 0 Å². The van der Waals surface area contributed by atoms with Crippen LogP contribution in [0.1, 0.15) is 0 Å². The molecule has 0 saturated heterocycles. The fourth-order valence-electron chi connectivity index (χ4n) is 0. The molecule has 0 saturated carbocycles. The van der Waals surface area contributed by atoms with E-state index in [1.165, 1.54) is 0 Å². The first-order valence-corrected chi connectivity index (χ1v) is 0. The van der Waals surface area contributed by atoms with E-state index in [1.54, 1.807) is 0 Å². The van der Waals surface area contributed by atoms with Crippen LogP contribution in [0.15, 0.2) is 0 Å². The van der Waals surface area contributed by atoms with E-state index in [0.29, 0.717) is 0 Å². The summed E-state index contributed by atoms with van der Waals surface area (Å²) in [7, 11) is 0. The van der Waals surface area contributed by atoms with E-state index in [2.05, 4.69) is 0 Å². The first kappa shape index (κ1) is 64.4. The van der Waals surface area contributed by atoms with E-state index >= 15 is 0 Å². The summed E-state index contributed by atoms with van der Waals surface area (Å²) in [6.07, 6.45) is 0. The number of rotatable bonds is 0. The van der Waals surface area contributed by atoms with Crippen molar-refractivity contribution in [2.75, 3.05) is 0 Å². The molecule has 0 bridgehead atoms. The van der Waals surface area contributed by atoms with Crippen molar-refractivity contribution >= 4 is 26.2 Å². The predicted octanol–water partition coefficient (Wildman–Crippen LogP) is -0.737. The molecule has 0 heterocycles. The molecule has 0 fully saturated rings. The smallest absolute Gasteiger partial charge is 2.00 e. The molecular formula is BiLaO3. The maximum absolute atomic E-state index is 0. The van der Waals surface area contributed by atoms with Gasteiger partial charge in [0.05, 0.1) is 0 Å². The van der Waals surface area contributed by atoms with E-state index in [4.69, 9.17) is 0 Å². The van der Waals surface area contributed by atoms with Gasteiger partial charge in [0.25, 0.3) is 0 Å². The van der Waals surface area contributed by atoms with Crippen LogP contribution in [0.2, 0.25) is 0 Å². The van der Waals surface area contributed by atoms with Crippen LogP contribution in [-0.4, -0.2) is 26.2 Å². The fraction of sp³-hybridized carbons (Fsp3) is 0. The van der Waals surface area contributed by atoms with Gasteiger partial charge < -0.3 is 16.4 Å². The SMILES string of the molecule is [Bi+3].[La+3].[O-2].[O-2].[O-2]. The molecule has 0 aliphatic heterocycles. The first-order chi connectivity index (χ1) is 0. The predicted molar refractivity (Wildman–Crippen MR) is 7.81 cm³/mol. The van der Waals surface area contributed by atoms with Crippen LogP contribution in [0.3, 0.4) is 0 Å². The molecule has 0 unspecified atom stereocenters. The topological polar surface area (TPSA) is 85.5 Å². The van der Waals surface area contributed by atoms with Crippen molar-refractivity contribution in [3.05, 3.63) is 0 Å². The second-order valence-corrected chi connectivity index (χ2v) is 0. The molecule has 0 atom stereocenters. The summed E-state index contributed by atoms with van der Waals surface area (Å²) < 4.78 is 0. The average molecular weight is 396 g/mol. The standard InChI is InChI=1S/Bi.La.3O/q2*+3;3*-2. The molecule has 0 aromatic rings. The Kier molecular flexibility index (Phi) is 492. The molecule has 5 heteroatoms. The number of hydrogen-bond acceptors (Lipinski definition) is 0. The summed E-state index contributed by atoms with van der Waals surface area (Å²) >= 11 is 0. The van der Waals surface area contributed by atoms with Crippen molar-refractivity contribution in [2.24, 2.45) is 0 Å². The van der Waals surface area contributed by atoms with Crippen LogP contribution in [0.25, 0.3) is 0 Å². The minimum absolute atomic E-state index is 0. The third-order valence-corrected chi connectivity index (χ3v) is 0. The quantitative estimate of drug-likeness (QED) is 0.484. The first-order valence-electron chi connectivity index (χ1n) is 0. The van der Waals surface area contributed by atoms with Crippen LogP contribution in [0.5, 0.6) is 0 Å². The molecular weight excluding hydrogens is 396 g/mol. The van der Waals surface area contributed by atoms with Crippen molar-refractivity contribution in [3.8, 4) is 0 Å². The normalized spacial score (nSPS) is 0. The second-order valence-electron chi connectivity index (χ2n) is 0. The molecule has 0 rings (SSSR count). The molecule has 0 N–H and O–H groups in total. The van der Waals surface area contributed by atoms with Crippen molar-refractivity contribution in [1.29, 1.82) is 0 Å². The molecule has 0 spiro atoms. The minimum atomic E-state index is 0. The van der Waals surface area contributed by atoms with Crippen LogP contribution in [0, 0.1) is 35.6 Å². The van der Waals surface area contributed by atoms with Gasteiger partial charge in [-0.3, -0.25) is 0 Å². The Morgan fingerprint density at radius 3 is 0.600 bits per heavy atom. The molecule has 0 aliphatic carbocycles. The van der Waals surface area contributed by atoms with Crippen molar-refractivity contribution in [1.82, 2.24) is 0 Å². The summed E-state index contributed by atoms with van der Waals surface area (Å²) in [5.74, 6) is 0. The minimum Gasteiger partial charge on any atom is -2.00 e. The van der Waals surface area contributed by atoms with E-state index in [9.17, 15) is 0 Å². The van der Waals surface area contributed by atoms with E-state index in [0.717, 1.165) is 0 Å². The van der Waals surface area contributed by atoms with Gasteiger partial charge in [-0.25, -0.2) is 0 Å². The monoisotopic (exact) mass is 396 g/mol. The molecule has 5 heavy (non-hydrogen) atoms. The Morgan fingerprint density at radius 1 is 0.600 bits per heavy atom. The van der Waals surface area contributed by atoms with Crippen LogP contribution < -0.4 is 0 Å². The maximum Gasteiger partial charge on any atom is 3.00 e. The van der Waals surface area contributed by atoms with Gasteiger partial charge in [0.1, 0.15) is 0 Å². The van der Waals surface area contributed by atoms with Crippen molar-refractivity contribution in [2.45, 2.75) is 0 Å². The summed E-state index contributed by atoms with van der Waals surface area (Å²) in [6, 6.07) is 0. The summed E-state index contributed by atoms with van der Waals surface area (Å²) in [6.45, 7) is 0. The number of hydrogen-bond donors (Lipinski definition) is 0. The third kappa shape index (κ3) is 24.3. The molecule has 3 nitrogen and oxygen atoms in total. The Labute approximate surface area is 77.2 Å². The zero-order valence-corrected chi connectivity index (χ0v) is 9.35. The van der Waals surface area contributed by atoms with Gasteiger partial charge in [-0.2, -0.15) is 0 Å². The fourth-order valence-corrected chi connectivity index (χ4v) is 0. The third-order valence-electron chi connectivity index (χ3n) is 0. The van der Waals surface area contributed by atoms with Crippen LogP contribution in [0.4, 0.5) is 0 Å². The largest absolute Gasteiger partial charge is 3.00 e. The summed E-state index contributed by atoms with van der Waals surface area (Å²) in [5.41, 5.74) is 0. The van der Waals surface area contributed by atoms with Crippen molar-refractivity contribution in [3.63, 3.8) is 0 Å². The molecule has 26 valence electrons. The average Bonchev–Trinajstić information content (AvgIpc) is 0. The van der Waals surface area contributed by atoms with Gasteiger partial charge in [-0.05, 0) is 0 Å². The Morgan fingerprint density at radius 2 is 0.600 bits per heavy atom. The zero-order chi connectivity index (χ0) is 0. The summed E-state index contributed by atoms with van der Waals surface area (Å²) in [5, 5.41) is 0. The van der Waals surface area contributed by atoms with Crippen LogP contribution in [-0.2, 0) is 16.4 Å². The Balaban J connectivity index is 0. The molecule has 2 radical (unpaired) electrons. The molecule has 0 aromatic carbocycles. The van der Waals surface area contributed by atoms with E-state index < -0.39 is 0 Å². The van der Waals surface area contributed by atoms with Gasteiger partial charge in [-0.1, -0.05) is 0 Å². The van der Waals surface area contributed by atoms with E-state index in [-0.39, 0.29) is 78.2 Å². The summed E-state index contributed by atoms with van der Waals surface area (Å²) in [4.78, 5) is 0. The van der Waals surface area contributed by atoms with Gasteiger partial charge in [-0.15, -0.1) is 0 Å². The Bertz CT molecular complexity index is 6.85.